The molecule has 0 radical (unpaired) electrons. The number of nitrogens with two attached hydrogens (primary N) is 1. The van der Waals surface area contributed by atoms with Gasteiger partial charge in [0.15, 0.2) is 6.61 Å². The molecule has 0 atom stereocenters. The van der Waals surface area contributed by atoms with Gasteiger partial charge in [0.2, 0.25) is 0 Å². The van der Waals surface area contributed by atoms with Crippen LogP contribution in [0.15, 0.2) is 12.1 Å². The minimum atomic E-state index is -0.958. The van der Waals surface area contributed by atoms with Crippen LogP contribution in [0.25, 0.3) is 0 Å². The van der Waals surface area contributed by atoms with Crippen molar-refractivity contribution in [3.8, 4) is 17.6 Å². The summed E-state index contributed by atoms with van der Waals surface area (Å²) in [5, 5.41) is 27.2. The summed E-state index contributed by atoms with van der Waals surface area (Å²) in [6.07, 6.45) is 0. The Kier molecular flexibility index (Phi) is 3.69. The largest absolute Gasteiger partial charge is 0.507 e. The van der Waals surface area contributed by atoms with Gasteiger partial charge in [-0.2, -0.15) is 5.26 Å². The standard InChI is InChI=1S/C10H10N2O4/c11-1-2-16-10(15)9-7(13)3-6(5-12)4-8(9)14/h3-4,13-14H,2,5,12H2. The molecule has 0 heterocycles. The molecular weight excluding hydrogens is 212 g/mol. The third kappa shape index (κ3) is 2.40. The molecule has 1 rings (SSSR count). The summed E-state index contributed by atoms with van der Waals surface area (Å²) in [6, 6.07) is 4.11. The minimum absolute atomic E-state index is 0.120. The first-order valence-corrected chi connectivity index (χ1v) is 4.39. The zero-order chi connectivity index (χ0) is 12.1. The number of esters is 1. The lowest BCUT2D eigenvalue weighted by atomic mass is 10.1. The first-order chi connectivity index (χ1) is 7.60. The van der Waals surface area contributed by atoms with Gasteiger partial charge in [-0.25, -0.2) is 4.79 Å². The van der Waals surface area contributed by atoms with E-state index in [1.807, 2.05) is 0 Å². The van der Waals surface area contributed by atoms with Crippen LogP contribution in [0, 0.1) is 11.3 Å². The summed E-state index contributed by atoms with van der Waals surface area (Å²) in [6.45, 7) is -0.328. The fourth-order valence-corrected chi connectivity index (χ4v) is 1.17. The summed E-state index contributed by atoms with van der Waals surface area (Å²) >= 11 is 0. The van der Waals surface area contributed by atoms with E-state index in [1.165, 1.54) is 12.1 Å². The third-order valence-electron chi connectivity index (χ3n) is 1.86. The van der Waals surface area contributed by atoms with E-state index in [4.69, 9.17) is 11.0 Å². The van der Waals surface area contributed by atoms with Crippen LogP contribution in [-0.2, 0) is 11.3 Å². The summed E-state index contributed by atoms with van der Waals surface area (Å²) < 4.78 is 4.46. The molecule has 0 saturated heterocycles. The smallest absolute Gasteiger partial charge is 0.346 e. The first-order valence-electron chi connectivity index (χ1n) is 4.39. The second kappa shape index (κ2) is 5.00. The Balaban J connectivity index is 3.05. The number of rotatable bonds is 3. The third-order valence-corrected chi connectivity index (χ3v) is 1.86. The number of carbonyl (C=O) groups is 1. The fraction of sp³-hybridized carbons (Fsp3) is 0.200. The second-order valence-electron chi connectivity index (χ2n) is 2.95. The highest BCUT2D eigenvalue weighted by Gasteiger charge is 2.18. The lowest BCUT2D eigenvalue weighted by Crippen LogP contribution is -2.07. The Hall–Kier alpha value is -2.26. The van der Waals surface area contributed by atoms with E-state index < -0.39 is 24.1 Å². The lowest BCUT2D eigenvalue weighted by molar-refractivity contribution is 0.0548. The number of carbonyl (C=O) groups excluding carboxylic acids is 1. The molecule has 0 unspecified atom stereocenters. The van der Waals surface area contributed by atoms with Crippen molar-refractivity contribution in [3.63, 3.8) is 0 Å². The number of benzene rings is 1. The van der Waals surface area contributed by atoms with Crippen LogP contribution in [0.5, 0.6) is 11.5 Å². The van der Waals surface area contributed by atoms with Crippen LogP contribution in [-0.4, -0.2) is 22.8 Å². The number of hydrogen-bond acceptors (Lipinski definition) is 6. The maximum atomic E-state index is 11.3. The Labute approximate surface area is 91.5 Å². The Bertz CT molecular complexity index is 428. The summed E-state index contributed by atoms with van der Waals surface area (Å²) in [5.74, 6) is -1.81. The zero-order valence-electron chi connectivity index (χ0n) is 8.30. The highest BCUT2D eigenvalue weighted by Crippen LogP contribution is 2.29. The van der Waals surface area contributed by atoms with E-state index in [9.17, 15) is 15.0 Å². The Morgan fingerprint density at radius 2 is 2.00 bits per heavy atom. The van der Waals surface area contributed by atoms with E-state index in [2.05, 4.69) is 4.74 Å². The molecule has 6 nitrogen and oxygen atoms in total. The average molecular weight is 222 g/mol. The molecular formula is C10H10N2O4. The number of nitrogens with zero attached hydrogens (tertiary/aromatic N) is 1. The summed E-state index contributed by atoms with van der Waals surface area (Å²) in [7, 11) is 0. The van der Waals surface area contributed by atoms with E-state index in [0.717, 1.165) is 0 Å². The number of nitriles is 1. The van der Waals surface area contributed by atoms with Crippen LogP contribution in [0.3, 0.4) is 0 Å². The lowest BCUT2D eigenvalue weighted by Gasteiger charge is -2.07. The molecule has 0 saturated carbocycles. The van der Waals surface area contributed by atoms with Gasteiger partial charge in [-0.15, -0.1) is 0 Å². The molecule has 0 amide bonds. The van der Waals surface area contributed by atoms with Gasteiger partial charge in [0, 0.05) is 6.54 Å². The average Bonchev–Trinajstić information content (AvgIpc) is 2.25. The molecule has 6 heteroatoms. The predicted octanol–water partition coefficient (Wildman–Crippen LogP) is 0.237. The molecule has 0 aliphatic rings. The second-order valence-corrected chi connectivity index (χ2v) is 2.95. The van der Waals surface area contributed by atoms with Gasteiger partial charge in [-0.1, -0.05) is 0 Å². The highest BCUT2D eigenvalue weighted by atomic mass is 16.5. The van der Waals surface area contributed by atoms with Gasteiger partial charge in [-0.05, 0) is 17.7 Å². The SMILES string of the molecule is N#CCOC(=O)c1c(O)cc(CN)cc1O. The van der Waals surface area contributed by atoms with E-state index in [0.29, 0.717) is 5.56 Å². The van der Waals surface area contributed by atoms with E-state index in [1.54, 1.807) is 6.07 Å². The van der Waals surface area contributed by atoms with Crippen LogP contribution in [0.4, 0.5) is 0 Å². The van der Waals surface area contributed by atoms with Gasteiger partial charge >= 0.3 is 5.97 Å². The maximum Gasteiger partial charge on any atom is 0.346 e. The summed E-state index contributed by atoms with van der Waals surface area (Å²) in [4.78, 5) is 11.3. The predicted molar refractivity (Wildman–Crippen MR) is 53.6 cm³/mol. The topological polar surface area (TPSA) is 117 Å². The molecule has 0 aliphatic carbocycles. The molecule has 84 valence electrons. The van der Waals surface area contributed by atoms with Crippen molar-refractivity contribution in [2.45, 2.75) is 6.54 Å². The Morgan fingerprint density at radius 3 is 2.44 bits per heavy atom. The van der Waals surface area contributed by atoms with Crippen molar-refractivity contribution >= 4 is 5.97 Å². The van der Waals surface area contributed by atoms with Crippen molar-refractivity contribution in [1.82, 2.24) is 0 Å². The van der Waals surface area contributed by atoms with Crippen molar-refractivity contribution in [2.75, 3.05) is 6.61 Å². The number of phenols is 2. The van der Waals surface area contributed by atoms with Crippen molar-refractivity contribution in [2.24, 2.45) is 5.73 Å². The molecule has 0 fully saturated rings. The van der Waals surface area contributed by atoms with Gasteiger partial charge < -0.3 is 20.7 Å². The molecule has 0 aliphatic heterocycles. The first kappa shape index (κ1) is 11.8. The summed E-state index contributed by atoms with van der Waals surface area (Å²) in [5.41, 5.74) is 5.42. The zero-order valence-corrected chi connectivity index (χ0v) is 8.30. The minimum Gasteiger partial charge on any atom is -0.507 e. The molecule has 1 aromatic carbocycles. The number of aromatic hydroxyl groups is 2. The van der Waals surface area contributed by atoms with Gasteiger partial charge in [0.1, 0.15) is 23.1 Å². The molecule has 1 aromatic rings. The quantitative estimate of drug-likeness (QED) is 0.630. The van der Waals surface area contributed by atoms with Crippen LogP contribution >= 0.6 is 0 Å². The highest BCUT2D eigenvalue weighted by molar-refractivity contribution is 5.95. The fourth-order valence-electron chi connectivity index (χ4n) is 1.17. The van der Waals surface area contributed by atoms with Gasteiger partial charge in [0.05, 0.1) is 0 Å². The molecule has 0 spiro atoms. The maximum absolute atomic E-state index is 11.3. The van der Waals surface area contributed by atoms with E-state index >= 15 is 0 Å². The number of ether oxygens (including phenoxy) is 1. The van der Waals surface area contributed by atoms with Crippen LogP contribution in [0.1, 0.15) is 15.9 Å². The normalized spacial score (nSPS) is 9.50. The molecule has 4 N–H and O–H groups in total. The monoisotopic (exact) mass is 222 g/mol. The van der Waals surface area contributed by atoms with Gasteiger partial charge in [0.25, 0.3) is 0 Å². The van der Waals surface area contributed by atoms with Crippen molar-refractivity contribution in [3.05, 3.63) is 23.3 Å². The van der Waals surface area contributed by atoms with Crippen molar-refractivity contribution in [1.29, 1.82) is 5.26 Å². The Morgan fingerprint density at radius 1 is 1.44 bits per heavy atom. The van der Waals surface area contributed by atoms with Crippen molar-refractivity contribution < 1.29 is 19.7 Å². The molecule has 16 heavy (non-hydrogen) atoms. The van der Waals surface area contributed by atoms with Crippen LogP contribution in [0.2, 0.25) is 0 Å². The van der Waals surface area contributed by atoms with Gasteiger partial charge in [-0.3, -0.25) is 0 Å². The number of phenolic OH excluding ortho intramolecular Hbond substituents is 2. The number of hydrogen-bond donors (Lipinski definition) is 3. The molecule has 0 aromatic heterocycles. The van der Waals surface area contributed by atoms with E-state index in [-0.39, 0.29) is 12.1 Å². The van der Waals surface area contributed by atoms with Crippen LogP contribution < -0.4 is 5.73 Å². The molecule has 0 bridgehead atoms.